The van der Waals surface area contributed by atoms with Gasteiger partial charge in [-0.05, 0) is 36.6 Å². The zero-order valence-corrected chi connectivity index (χ0v) is 15.8. The number of nitrogens with one attached hydrogen (secondary N) is 1. The number of hydrogen-bond acceptors (Lipinski definition) is 5. The van der Waals surface area contributed by atoms with E-state index in [1.165, 1.54) is 0 Å². The molecule has 0 unspecified atom stereocenters. The summed E-state index contributed by atoms with van der Waals surface area (Å²) in [5.41, 5.74) is 3.83. The monoisotopic (exact) mass is 365 g/mol. The highest BCUT2D eigenvalue weighted by molar-refractivity contribution is 5.92. The van der Waals surface area contributed by atoms with E-state index < -0.39 is 0 Å². The average molecular weight is 365 g/mol. The molecule has 140 valence electrons. The Kier molecular flexibility index (Phi) is 5.86. The molecule has 0 saturated carbocycles. The van der Waals surface area contributed by atoms with Crippen LogP contribution in [0.5, 0.6) is 5.75 Å². The minimum atomic E-state index is -0.0731. The lowest BCUT2D eigenvalue weighted by Crippen LogP contribution is -2.14. The molecule has 0 aliphatic rings. The maximum Gasteiger partial charge on any atom is 0.227 e. The normalized spacial score (nSPS) is 10.6. The largest absolute Gasteiger partial charge is 0.496 e. The van der Waals surface area contributed by atoms with Crippen LogP contribution in [0.15, 0.2) is 47.0 Å². The van der Waals surface area contributed by atoms with Crippen LogP contribution in [-0.2, 0) is 17.6 Å². The molecule has 27 heavy (non-hydrogen) atoms. The Balaban J connectivity index is 1.65. The van der Waals surface area contributed by atoms with E-state index in [4.69, 9.17) is 9.26 Å². The van der Waals surface area contributed by atoms with Gasteiger partial charge in [0, 0.05) is 18.5 Å². The van der Waals surface area contributed by atoms with Crippen LogP contribution in [0.3, 0.4) is 0 Å². The first-order chi connectivity index (χ1) is 13.1. The lowest BCUT2D eigenvalue weighted by molar-refractivity contribution is -0.116. The SMILES string of the molecule is CCc1cccc(C)c1NC(=O)CCc1nc(-c2ccccc2OC)no1. The van der Waals surface area contributed by atoms with Crippen LogP contribution < -0.4 is 10.1 Å². The molecule has 0 spiro atoms. The zero-order valence-electron chi connectivity index (χ0n) is 15.8. The quantitative estimate of drug-likeness (QED) is 0.679. The number of ether oxygens (including phenoxy) is 1. The molecular weight excluding hydrogens is 342 g/mol. The first-order valence-electron chi connectivity index (χ1n) is 8.96. The van der Waals surface area contributed by atoms with Crippen LogP contribution in [0, 0.1) is 6.92 Å². The van der Waals surface area contributed by atoms with Gasteiger partial charge in [-0.2, -0.15) is 4.98 Å². The van der Waals surface area contributed by atoms with Crippen molar-refractivity contribution in [3.63, 3.8) is 0 Å². The number of nitrogens with zero attached hydrogens (tertiary/aromatic N) is 2. The van der Waals surface area contributed by atoms with E-state index in [1.54, 1.807) is 7.11 Å². The van der Waals surface area contributed by atoms with Crippen LogP contribution in [0.1, 0.15) is 30.4 Å². The number of carbonyl (C=O) groups is 1. The molecule has 3 aromatic rings. The highest BCUT2D eigenvalue weighted by atomic mass is 16.5. The molecule has 0 aliphatic heterocycles. The summed E-state index contributed by atoms with van der Waals surface area (Å²) in [6.45, 7) is 4.06. The molecule has 1 amide bonds. The fourth-order valence-corrected chi connectivity index (χ4v) is 2.92. The smallest absolute Gasteiger partial charge is 0.227 e. The first-order valence-corrected chi connectivity index (χ1v) is 8.96. The van der Waals surface area contributed by atoms with Crippen molar-refractivity contribution in [2.75, 3.05) is 12.4 Å². The van der Waals surface area contributed by atoms with Crippen molar-refractivity contribution < 1.29 is 14.1 Å². The third-order valence-corrected chi connectivity index (χ3v) is 4.39. The molecule has 0 atom stereocenters. The lowest BCUT2D eigenvalue weighted by atomic mass is 10.1. The Bertz CT molecular complexity index is 934. The Labute approximate surface area is 158 Å². The van der Waals surface area contributed by atoms with Crippen molar-refractivity contribution in [3.8, 4) is 17.1 Å². The molecule has 1 heterocycles. The fraction of sp³-hybridized carbons (Fsp3) is 0.286. The molecule has 0 fully saturated rings. The molecule has 2 aromatic carbocycles. The zero-order chi connectivity index (χ0) is 19.2. The molecule has 6 nitrogen and oxygen atoms in total. The number of benzene rings is 2. The molecular formula is C21H23N3O3. The second kappa shape index (κ2) is 8.49. The number of amides is 1. The van der Waals surface area contributed by atoms with Crippen LogP contribution in [0.4, 0.5) is 5.69 Å². The number of hydrogen-bond donors (Lipinski definition) is 1. The average Bonchev–Trinajstić information content (AvgIpc) is 3.16. The molecule has 0 aliphatic carbocycles. The van der Waals surface area contributed by atoms with Gasteiger partial charge in [0.25, 0.3) is 0 Å². The first kappa shape index (κ1) is 18.6. The molecule has 0 bridgehead atoms. The fourth-order valence-electron chi connectivity index (χ4n) is 2.92. The van der Waals surface area contributed by atoms with Gasteiger partial charge in [0.15, 0.2) is 0 Å². The number of aryl methyl sites for hydroxylation is 3. The Morgan fingerprint density at radius 2 is 2.00 bits per heavy atom. The molecule has 1 aromatic heterocycles. The van der Waals surface area contributed by atoms with Crippen LogP contribution in [0.25, 0.3) is 11.4 Å². The van der Waals surface area contributed by atoms with E-state index in [-0.39, 0.29) is 12.3 Å². The standard InChI is InChI=1S/C21H23N3O3/c1-4-15-9-7-8-14(2)20(15)22-18(25)12-13-19-23-21(24-27-19)16-10-5-6-11-17(16)26-3/h5-11H,4,12-13H2,1-3H3,(H,22,25). The number of rotatable bonds is 7. The second-order valence-corrected chi connectivity index (χ2v) is 6.22. The number of anilines is 1. The predicted octanol–water partition coefficient (Wildman–Crippen LogP) is 4.19. The summed E-state index contributed by atoms with van der Waals surface area (Å²) < 4.78 is 10.6. The minimum Gasteiger partial charge on any atom is -0.496 e. The van der Waals surface area contributed by atoms with E-state index in [0.29, 0.717) is 23.9 Å². The van der Waals surface area contributed by atoms with Crippen molar-refractivity contribution in [3.05, 3.63) is 59.5 Å². The summed E-state index contributed by atoms with van der Waals surface area (Å²) in [6, 6.07) is 13.5. The summed E-state index contributed by atoms with van der Waals surface area (Å²) in [7, 11) is 1.60. The van der Waals surface area contributed by atoms with E-state index >= 15 is 0 Å². The summed E-state index contributed by atoms with van der Waals surface area (Å²) in [5, 5.41) is 7.01. The van der Waals surface area contributed by atoms with Crippen molar-refractivity contribution >= 4 is 11.6 Å². The number of para-hydroxylation sites is 2. The van der Waals surface area contributed by atoms with Crippen LogP contribution >= 0.6 is 0 Å². The van der Waals surface area contributed by atoms with Gasteiger partial charge >= 0.3 is 0 Å². The van der Waals surface area contributed by atoms with Crippen molar-refractivity contribution in [1.82, 2.24) is 10.1 Å². The third-order valence-electron chi connectivity index (χ3n) is 4.39. The number of methoxy groups -OCH3 is 1. The number of carbonyl (C=O) groups excluding carboxylic acids is 1. The van der Waals surface area contributed by atoms with Crippen molar-refractivity contribution in [1.29, 1.82) is 0 Å². The maximum atomic E-state index is 12.4. The Morgan fingerprint density at radius 3 is 2.78 bits per heavy atom. The van der Waals surface area contributed by atoms with Gasteiger partial charge in [-0.25, -0.2) is 0 Å². The van der Waals surface area contributed by atoms with Crippen LogP contribution in [0.2, 0.25) is 0 Å². The van der Waals surface area contributed by atoms with E-state index in [0.717, 1.165) is 28.8 Å². The van der Waals surface area contributed by atoms with Gasteiger partial charge < -0.3 is 14.6 Å². The second-order valence-electron chi connectivity index (χ2n) is 6.22. The summed E-state index contributed by atoms with van der Waals surface area (Å²) in [5.74, 6) is 1.48. The van der Waals surface area contributed by atoms with Gasteiger partial charge in [-0.3, -0.25) is 4.79 Å². The van der Waals surface area contributed by atoms with Gasteiger partial charge in [0.1, 0.15) is 5.75 Å². The molecule has 0 radical (unpaired) electrons. The van der Waals surface area contributed by atoms with Gasteiger partial charge in [0.05, 0.1) is 12.7 Å². The van der Waals surface area contributed by atoms with Gasteiger partial charge in [-0.15, -0.1) is 0 Å². The molecule has 3 rings (SSSR count). The maximum absolute atomic E-state index is 12.4. The summed E-state index contributed by atoms with van der Waals surface area (Å²) >= 11 is 0. The predicted molar refractivity (Wildman–Crippen MR) is 104 cm³/mol. The van der Waals surface area contributed by atoms with E-state index in [9.17, 15) is 4.79 Å². The number of aromatic nitrogens is 2. The highest BCUT2D eigenvalue weighted by Gasteiger charge is 2.14. The summed E-state index contributed by atoms with van der Waals surface area (Å²) in [4.78, 5) is 16.7. The van der Waals surface area contributed by atoms with Crippen molar-refractivity contribution in [2.24, 2.45) is 0 Å². The Morgan fingerprint density at radius 1 is 1.19 bits per heavy atom. The van der Waals surface area contributed by atoms with Crippen molar-refractivity contribution in [2.45, 2.75) is 33.1 Å². The third kappa shape index (κ3) is 4.34. The van der Waals surface area contributed by atoms with Gasteiger partial charge in [0.2, 0.25) is 17.6 Å². The van der Waals surface area contributed by atoms with Gasteiger partial charge in [-0.1, -0.05) is 42.4 Å². The lowest BCUT2D eigenvalue weighted by Gasteiger charge is -2.12. The van der Waals surface area contributed by atoms with E-state index in [1.807, 2.05) is 49.4 Å². The topological polar surface area (TPSA) is 77.2 Å². The highest BCUT2D eigenvalue weighted by Crippen LogP contribution is 2.27. The molecule has 1 N–H and O–H groups in total. The minimum absolute atomic E-state index is 0.0731. The molecule has 6 heteroatoms. The Hall–Kier alpha value is -3.15. The summed E-state index contributed by atoms with van der Waals surface area (Å²) in [6.07, 6.45) is 1.51. The molecule has 0 saturated heterocycles. The van der Waals surface area contributed by atoms with Crippen LogP contribution in [-0.4, -0.2) is 23.2 Å². The van der Waals surface area contributed by atoms with E-state index in [2.05, 4.69) is 22.4 Å².